The Kier molecular flexibility index (Phi) is 7.74. The highest BCUT2D eigenvalue weighted by Gasteiger charge is 2.42. The number of amides is 1. The zero-order valence-electron chi connectivity index (χ0n) is 17.5. The fourth-order valence-electron chi connectivity index (χ4n) is 4.41. The molecule has 2 aliphatic rings. The van der Waals surface area contributed by atoms with Crippen molar-refractivity contribution >= 4 is 11.9 Å². The molecule has 150 valence electrons. The van der Waals surface area contributed by atoms with E-state index >= 15 is 0 Å². The number of guanidine groups is 1. The molecule has 0 radical (unpaired) electrons. The Labute approximate surface area is 159 Å². The Bertz CT molecular complexity index is 475. The van der Waals surface area contributed by atoms with Gasteiger partial charge in [-0.25, -0.2) is 0 Å². The third kappa shape index (κ3) is 5.60. The van der Waals surface area contributed by atoms with Crippen molar-refractivity contribution in [1.29, 1.82) is 0 Å². The summed E-state index contributed by atoms with van der Waals surface area (Å²) in [5, 5.41) is 7.03. The molecule has 6 heteroatoms. The van der Waals surface area contributed by atoms with Crippen molar-refractivity contribution in [3.05, 3.63) is 0 Å². The van der Waals surface area contributed by atoms with Crippen LogP contribution in [0.5, 0.6) is 0 Å². The summed E-state index contributed by atoms with van der Waals surface area (Å²) in [4.78, 5) is 21.4. The first-order chi connectivity index (χ1) is 12.4. The third-order valence-electron chi connectivity index (χ3n) is 5.79. The molecule has 0 aromatic heterocycles. The highest BCUT2D eigenvalue weighted by Crippen LogP contribution is 2.38. The Morgan fingerprint density at radius 2 is 1.85 bits per heavy atom. The number of nitrogens with zero attached hydrogens (tertiary/aromatic N) is 3. The van der Waals surface area contributed by atoms with E-state index < -0.39 is 0 Å². The van der Waals surface area contributed by atoms with Crippen LogP contribution in [0.2, 0.25) is 0 Å². The predicted molar refractivity (Wildman–Crippen MR) is 108 cm³/mol. The molecule has 0 bridgehead atoms. The lowest BCUT2D eigenvalue weighted by Gasteiger charge is -2.35. The lowest BCUT2D eigenvalue weighted by Crippen LogP contribution is -2.52. The maximum atomic E-state index is 12.7. The van der Waals surface area contributed by atoms with Gasteiger partial charge in [0.25, 0.3) is 0 Å². The van der Waals surface area contributed by atoms with Gasteiger partial charge in [-0.15, -0.1) is 0 Å². The summed E-state index contributed by atoms with van der Waals surface area (Å²) in [5.74, 6) is 1.82. The van der Waals surface area contributed by atoms with Gasteiger partial charge < -0.3 is 20.4 Å². The zero-order valence-corrected chi connectivity index (χ0v) is 17.5. The van der Waals surface area contributed by atoms with Crippen molar-refractivity contribution in [1.82, 2.24) is 20.4 Å². The predicted octanol–water partition coefficient (Wildman–Crippen LogP) is 1.92. The topological polar surface area (TPSA) is 60.0 Å². The quantitative estimate of drug-likeness (QED) is 0.558. The number of rotatable bonds is 6. The van der Waals surface area contributed by atoms with Crippen molar-refractivity contribution in [2.45, 2.75) is 58.4 Å². The first-order valence-electron chi connectivity index (χ1n) is 10.3. The van der Waals surface area contributed by atoms with Crippen molar-refractivity contribution in [3.8, 4) is 0 Å². The monoisotopic (exact) mass is 365 g/mol. The van der Waals surface area contributed by atoms with E-state index in [0.29, 0.717) is 12.6 Å². The molecule has 0 unspecified atom stereocenters. The molecule has 26 heavy (non-hydrogen) atoms. The van der Waals surface area contributed by atoms with Gasteiger partial charge in [0, 0.05) is 53.4 Å². The second-order valence-corrected chi connectivity index (χ2v) is 8.73. The minimum absolute atomic E-state index is 0.250. The van der Waals surface area contributed by atoms with Crippen molar-refractivity contribution in [2.75, 3.05) is 47.3 Å². The SMILES string of the molecule is CN=C(NCC1(C(=O)N(C)C)CCCC1)NC1CCN(CC(C)C)CC1. The van der Waals surface area contributed by atoms with E-state index in [9.17, 15) is 4.79 Å². The van der Waals surface area contributed by atoms with E-state index in [1.54, 1.807) is 4.90 Å². The molecule has 1 amide bonds. The lowest BCUT2D eigenvalue weighted by atomic mass is 9.84. The average molecular weight is 366 g/mol. The summed E-state index contributed by atoms with van der Waals surface area (Å²) < 4.78 is 0. The number of carbonyl (C=O) groups excluding carboxylic acids is 1. The number of carbonyl (C=O) groups is 1. The number of hydrogen-bond donors (Lipinski definition) is 2. The van der Waals surface area contributed by atoms with Crippen LogP contribution in [0, 0.1) is 11.3 Å². The second-order valence-electron chi connectivity index (χ2n) is 8.73. The van der Waals surface area contributed by atoms with Gasteiger partial charge in [0.05, 0.1) is 5.41 Å². The molecule has 1 saturated carbocycles. The summed E-state index contributed by atoms with van der Waals surface area (Å²) in [6, 6.07) is 0.466. The van der Waals surface area contributed by atoms with E-state index in [0.717, 1.165) is 63.5 Å². The van der Waals surface area contributed by atoms with Crippen molar-refractivity contribution in [2.24, 2.45) is 16.3 Å². The van der Waals surface area contributed by atoms with Crippen LogP contribution < -0.4 is 10.6 Å². The normalized spacial score (nSPS) is 21.8. The number of piperidine rings is 1. The number of likely N-dealkylation sites (tertiary alicyclic amines) is 1. The van der Waals surface area contributed by atoms with Crippen LogP contribution in [0.25, 0.3) is 0 Å². The molecule has 1 aliphatic heterocycles. The fraction of sp³-hybridized carbons (Fsp3) is 0.900. The van der Waals surface area contributed by atoms with E-state index in [2.05, 4.69) is 34.4 Å². The summed E-state index contributed by atoms with van der Waals surface area (Å²) >= 11 is 0. The van der Waals surface area contributed by atoms with Crippen LogP contribution in [0.15, 0.2) is 4.99 Å². The molecule has 2 fully saturated rings. The first-order valence-corrected chi connectivity index (χ1v) is 10.3. The summed E-state index contributed by atoms with van der Waals surface area (Å²) in [6.07, 6.45) is 6.52. The zero-order chi connectivity index (χ0) is 19.2. The van der Waals surface area contributed by atoms with Gasteiger partial charge in [-0.1, -0.05) is 26.7 Å². The molecular weight excluding hydrogens is 326 g/mol. The average Bonchev–Trinajstić information content (AvgIpc) is 3.09. The lowest BCUT2D eigenvalue weighted by molar-refractivity contribution is -0.138. The van der Waals surface area contributed by atoms with Gasteiger partial charge in [0.2, 0.25) is 5.91 Å². The minimum Gasteiger partial charge on any atom is -0.355 e. The maximum absolute atomic E-state index is 12.7. The van der Waals surface area contributed by atoms with Crippen LogP contribution in [0.1, 0.15) is 52.4 Å². The number of hydrogen-bond acceptors (Lipinski definition) is 3. The molecule has 2 rings (SSSR count). The molecule has 1 aliphatic carbocycles. The Balaban J connectivity index is 1.83. The number of nitrogens with one attached hydrogen (secondary N) is 2. The highest BCUT2D eigenvalue weighted by molar-refractivity contribution is 5.85. The summed E-state index contributed by atoms with van der Waals surface area (Å²) in [5.41, 5.74) is -0.262. The molecule has 1 heterocycles. The van der Waals surface area contributed by atoms with Gasteiger partial charge in [0.1, 0.15) is 0 Å². The van der Waals surface area contributed by atoms with Crippen LogP contribution in [0.3, 0.4) is 0 Å². The van der Waals surface area contributed by atoms with Crippen molar-refractivity contribution in [3.63, 3.8) is 0 Å². The van der Waals surface area contributed by atoms with E-state index in [4.69, 9.17) is 0 Å². The Morgan fingerprint density at radius 1 is 1.23 bits per heavy atom. The van der Waals surface area contributed by atoms with Gasteiger partial charge in [-0.2, -0.15) is 0 Å². The first kappa shape index (κ1) is 21.0. The molecule has 2 N–H and O–H groups in total. The van der Waals surface area contributed by atoms with Gasteiger partial charge in [-0.3, -0.25) is 9.79 Å². The van der Waals surface area contributed by atoms with E-state index in [-0.39, 0.29) is 11.3 Å². The Morgan fingerprint density at radius 3 is 2.35 bits per heavy atom. The largest absolute Gasteiger partial charge is 0.355 e. The maximum Gasteiger partial charge on any atom is 0.230 e. The summed E-state index contributed by atoms with van der Waals surface area (Å²) in [6.45, 7) is 8.73. The fourth-order valence-corrected chi connectivity index (χ4v) is 4.41. The van der Waals surface area contributed by atoms with Gasteiger partial charge in [0.15, 0.2) is 5.96 Å². The molecule has 6 nitrogen and oxygen atoms in total. The Hall–Kier alpha value is -1.30. The highest BCUT2D eigenvalue weighted by atomic mass is 16.2. The van der Waals surface area contributed by atoms with Gasteiger partial charge in [-0.05, 0) is 31.6 Å². The second kappa shape index (κ2) is 9.58. The smallest absolute Gasteiger partial charge is 0.230 e. The van der Waals surface area contributed by atoms with Crippen LogP contribution in [0.4, 0.5) is 0 Å². The van der Waals surface area contributed by atoms with Crippen molar-refractivity contribution < 1.29 is 4.79 Å². The van der Waals surface area contributed by atoms with Crippen LogP contribution in [-0.2, 0) is 4.79 Å². The molecule has 1 saturated heterocycles. The molecule has 0 spiro atoms. The van der Waals surface area contributed by atoms with Crippen LogP contribution >= 0.6 is 0 Å². The van der Waals surface area contributed by atoms with Gasteiger partial charge >= 0.3 is 0 Å². The minimum atomic E-state index is -0.262. The molecular formula is C20H39N5O. The molecule has 0 aromatic rings. The summed E-state index contributed by atoms with van der Waals surface area (Å²) in [7, 11) is 5.54. The van der Waals surface area contributed by atoms with Crippen LogP contribution in [-0.4, -0.2) is 75.0 Å². The third-order valence-corrected chi connectivity index (χ3v) is 5.79. The molecule has 0 atom stereocenters. The molecule has 0 aromatic carbocycles. The standard InChI is InChI=1S/C20H39N5O/c1-16(2)14-25-12-8-17(9-13-25)23-19(21-3)22-15-20(10-6-7-11-20)18(26)24(4)5/h16-17H,6-15H2,1-5H3,(H2,21,22,23). The van der Waals surface area contributed by atoms with E-state index in [1.807, 2.05) is 21.1 Å². The number of aliphatic imine (C=N–C) groups is 1. The van der Waals surface area contributed by atoms with E-state index in [1.165, 1.54) is 6.54 Å².